The lowest BCUT2D eigenvalue weighted by molar-refractivity contribution is -0.135. The number of anilines is 1. The van der Waals surface area contributed by atoms with Gasteiger partial charge in [0.25, 0.3) is 0 Å². The number of amides is 2. The SMILES string of the molecule is COc1cccc(CC(=O)N2CCN(CC(=O)N3CCN(c4ccccc4F)CC3)CC2)c1. The molecule has 0 unspecified atom stereocenters. The number of carbonyl (C=O) groups excluding carboxylic acids is 2. The molecule has 7 nitrogen and oxygen atoms in total. The highest BCUT2D eigenvalue weighted by atomic mass is 19.1. The molecule has 176 valence electrons. The summed E-state index contributed by atoms with van der Waals surface area (Å²) in [6.45, 7) is 5.40. The summed E-state index contributed by atoms with van der Waals surface area (Å²) < 4.78 is 19.3. The van der Waals surface area contributed by atoms with Crippen molar-refractivity contribution in [3.8, 4) is 5.75 Å². The summed E-state index contributed by atoms with van der Waals surface area (Å²) in [5, 5.41) is 0. The largest absolute Gasteiger partial charge is 0.497 e. The standard InChI is InChI=1S/C25H31FN4O3/c1-33-21-6-4-5-20(17-21)18-24(31)29-11-9-27(10-12-29)19-25(32)30-15-13-28(14-16-30)23-8-3-2-7-22(23)26/h2-8,17H,9-16,18-19H2,1H3. The van der Waals surface area contributed by atoms with E-state index in [-0.39, 0.29) is 17.6 Å². The number of carbonyl (C=O) groups is 2. The van der Waals surface area contributed by atoms with Gasteiger partial charge in [0, 0.05) is 52.4 Å². The Balaban J connectivity index is 1.20. The zero-order valence-electron chi connectivity index (χ0n) is 19.1. The Hall–Kier alpha value is -3.13. The first-order valence-electron chi connectivity index (χ1n) is 11.4. The summed E-state index contributed by atoms with van der Waals surface area (Å²) in [4.78, 5) is 33.3. The molecule has 2 fully saturated rings. The molecule has 0 radical (unpaired) electrons. The van der Waals surface area contributed by atoms with E-state index in [1.165, 1.54) is 6.07 Å². The lowest BCUT2D eigenvalue weighted by Crippen LogP contribution is -2.54. The van der Waals surface area contributed by atoms with Crippen molar-refractivity contribution in [3.05, 3.63) is 59.9 Å². The number of ether oxygens (including phenoxy) is 1. The van der Waals surface area contributed by atoms with Crippen molar-refractivity contribution < 1.29 is 18.7 Å². The van der Waals surface area contributed by atoms with Crippen molar-refractivity contribution in [1.82, 2.24) is 14.7 Å². The van der Waals surface area contributed by atoms with Gasteiger partial charge < -0.3 is 19.4 Å². The van der Waals surface area contributed by atoms with Gasteiger partial charge >= 0.3 is 0 Å². The average molecular weight is 455 g/mol. The number of rotatable bonds is 6. The van der Waals surface area contributed by atoms with E-state index in [0.717, 1.165) is 11.3 Å². The third kappa shape index (κ3) is 5.82. The van der Waals surface area contributed by atoms with Gasteiger partial charge in [-0.05, 0) is 29.8 Å². The molecule has 0 spiro atoms. The van der Waals surface area contributed by atoms with E-state index >= 15 is 0 Å². The van der Waals surface area contributed by atoms with Crippen LogP contribution in [0.25, 0.3) is 0 Å². The van der Waals surface area contributed by atoms with Crippen LogP contribution in [0.5, 0.6) is 5.75 Å². The van der Waals surface area contributed by atoms with E-state index < -0.39 is 0 Å². The van der Waals surface area contributed by atoms with Crippen LogP contribution in [0, 0.1) is 5.82 Å². The molecule has 2 heterocycles. The number of piperazine rings is 2. The number of methoxy groups -OCH3 is 1. The Labute approximate surface area is 194 Å². The fourth-order valence-corrected chi connectivity index (χ4v) is 4.42. The Bertz CT molecular complexity index is 970. The first-order chi connectivity index (χ1) is 16.0. The van der Waals surface area contributed by atoms with Crippen LogP contribution in [0.4, 0.5) is 10.1 Å². The third-order valence-electron chi connectivity index (χ3n) is 6.40. The maximum Gasteiger partial charge on any atom is 0.236 e. The van der Waals surface area contributed by atoms with Gasteiger partial charge in [-0.1, -0.05) is 24.3 Å². The predicted octanol–water partition coefficient (Wildman–Crippen LogP) is 1.87. The summed E-state index contributed by atoms with van der Waals surface area (Å²) in [7, 11) is 1.62. The van der Waals surface area contributed by atoms with Crippen molar-refractivity contribution in [1.29, 1.82) is 0 Å². The summed E-state index contributed by atoms with van der Waals surface area (Å²) in [6, 6.07) is 14.3. The molecule has 0 atom stereocenters. The highest BCUT2D eigenvalue weighted by Crippen LogP contribution is 2.20. The monoisotopic (exact) mass is 454 g/mol. The van der Waals surface area contributed by atoms with Crippen LogP contribution in [-0.2, 0) is 16.0 Å². The Morgan fingerprint density at radius 3 is 2.21 bits per heavy atom. The summed E-state index contributed by atoms with van der Waals surface area (Å²) in [5.41, 5.74) is 1.53. The van der Waals surface area contributed by atoms with Gasteiger partial charge in [0.1, 0.15) is 11.6 Å². The second-order valence-electron chi connectivity index (χ2n) is 8.50. The highest BCUT2D eigenvalue weighted by molar-refractivity contribution is 5.80. The minimum Gasteiger partial charge on any atom is -0.497 e. The van der Waals surface area contributed by atoms with Gasteiger partial charge in [0.05, 0.1) is 25.8 Å². The molecule has 0 N–H and O–H groups in total. The van der Waals surface area contributed by atoms with Crippen molar-refractivity contribution in [2.24, 2.45) is 0 Å². The van der Waals surface area contributed by atoms with Crippen LogP contribution in [-0.4, -0.2) is 92.5 Å². The molecule has 8 heteroatoms. The van der Waals surface area contributed by atoms with Crippen LogP contribution in [0.2, 0.25) is 0 Å². The number of para-hydroxylation sites is 1. The smallest absolute Gasteiger partial charge is 0.236 e. The summed E-state index contributed by atoms with van der Waals surface area (Å²) in [5.74, 6) is 0.715. The number of benzene rings is 2. The fourth-order valence-electron chi connectivity index (χ4n) is 4.42. The van der Waals surface area contributed by atoms with Gasteiger partial charge in [-0.15, -0.1) is 0 Å². The van der Waals surface area contributed by atoms with Crippen molar-refractivity contribution >= 4 is 17.5 Å². The van der Waals surface area contributed by atoms with E-state index in [9.17, 15) is 14.0 Å². The maximum atomic E-state index is 14.0. The Kier molecular flexibility index (Phi) is 7.44. The normalized spacial score (nSPS) is 17.2. The molecule has 4 rings (SSSR count). The van der Waals surface area contributed by atoms with Crippen molar-refractivity contribution in [3.63, 3.8) is 0 Å². The van der Waals surface area contributed by atoms with E-state index in [0.29, 0.717) is 71.0 Å². The maximum absolute atomic E-state index is 14.0. The van der Waals surface area contributed by atoms with Gasteiger partial charge in [0.15, 0.2) is 0 Å². The fraction of sp³-hybridized carbons (Fsp3) is 0.440. The molecule has 2 saturated heterocycles. The average Bonchev–Trinajstić information content (AvgIpc) is 2.85. The molecule has 2 aliphatic heterocycles. The van der Waals surface area contributed by atoms with Crippen molar-refractivity contribution in [2.75, 3.05) is 70.9 Å². The van der Waals surface area contributed by atoms with E-state index in [1.807, 2.05) is 45.0 Å². The number of nitrogens with zero attached hydrogens (tertiary/aromatic N) is 4. The molecule has 2 amide bonds. The van der Waals surface area contributed by atoms with E-state index in [4.69, 9.17) is 4.74 Å². The molecule has 0 saturated carbocycles. The number of hydrogen-bond acceptors (Lipinski definition) is 5. The van der Waals surface area contributed by atoms with Crippen LogP contribution >= 0.6 is 0 Å². The molecular formula is C25H31FN4O3. The van der Waals surface area contributed by atoms with E-state index in [2.05, 4.69) is 4.90 Å². The predicted molar refractivity (Wildman–Crippen MR) is 125 cm³/mol. The number of hydrogen-bond donors (Lipinski definition) is 0. The molecule has 33 heavy (non-hydrogen) atoms. The first kappa shape index (κ1) is 23.0. The number of halogens is 1. The Morgan fingerprint density at radius 1 is 0.848 bits per heavy atom. The molecule has 2 aromatic rings. The van der Waals surface area contributed by atoms with Crippen LogP contribution < -0.4 is 9.64 Å². The molecule has 0 aromatic heterocycles. The Morgan fingerprint density at radius 2 is 1.52 bits per heavy atom. The van der Waals surface area contributed by atoms with Crippen molar-refractivity contribution in [2.45, 2.75) is 6.42 Å². The summed E-state index contributed by atoms with van der Waals surface area (Å²) >= 11 is 0. The summed E-state index contributed by atoms with van der Waals surface area (Å²) in [6.07, 6.45) is 0.350. The van der Waals surface area contributed by atoms with Crippen LogP contribution in [0.3, 0.4) is 0 Å². The van der Waals surface area contributed by atoms with Crippen LogP contribution in [0.15, 0.2) is 48.5 Å². The molecule has 0 bridgehead atoms. The zero-order valence-corrected chi connectivity index (χ0v) is 19.1. The third-order valence-corrected chi connectivity index (χ3v) is 6.40. The first-order valence-corrected chi connectivity index (χ1v) is 11.4. The topological polar surface area (TPSA) is 56.3 Å². The molecule has 2 aliphatic rings. The zero-order chi connectivity index (χ0) is 23.2. The van der Waals surface area contributed by atoms with Gasteiger partial charge in [-0.3, -0.25) is 14.5 Å². The minimum absolute atomic E-state index is 0.0958. The van der Waals surface area contributed by atoms with Gasteiger partial charge in [0.2, 0.25) is 11.8 Å². The van der Waals surface area contributed by atoms with Crippen LogP contribution in [0.1, 0.15) is 5.56 Å². The van der Waals surface area contributed by atoms with Gasteiger partial charge in [-0.2, -0.15) is 0 Å². The highest BCUT2D eigenvalue weighted by Gasteiger charge is 2.26. The van der Waals surface area contributed by atoms with E-state index in [1.54, 1.807) is 19.2 Å². The van der Waals surface area contributed by atoms with Gasteiger partial charge in [-0.25, -0.2) is 4.39 Å². The minimum atomic E-state index is -0.226. The lowest BCUT2D eigenvalue weighted by Gasteiger charge is -2.38. The molecular weight excluding hydrogens is 423 g/mol. The molecule has 2 aromatic carbocycles. The second-order valence-corrected chi connectivity index (χ2v) is 8.50. The quantitative estimate of drug-likeness (QED) is 0.667. The second kappa shape index (κ2) is 10.7. The molecule has 0 aliphatic carbocycles. The lowest BCUT2D eigenvalue weighted by atomic mass is 10.1.